The monoisotopic (exact) mass is 496 g/mol. The van der Waals surface area contributed by atoms with E-state index in [4.69, 9.17) is 9.15 Å². The second-order valence-corrected chi connectivity index (χ2v) is 8.55. The van der Waals surface area contributed by atoms with Crippen molar-refractivity contribution < 1.29 is 23.5 Å². The fourth-order valence-corrected chi connectivity index (χ4v) is 3.87. The van der Waals surface area contributed by atoms with Gasteiger partial charge in [0.15, 0.2) is 5.76 Å². The molecule has 0 fully saturated rings. The number of nitrogens with one attached hydrogen (secondary N) is 2. The second kappa shape index (κ2) is 12.9. The van der Waals surface area contributed by atoms with Gasteiger partial charge in [0.1, 0.15) is 12.6 Å². The lowest BCUT2D eigenvalue weighted by atomic mass is 10.0. The number of hydrogen-bond donors (Lipinski definition) is 2. The highest BCUT2D eigenvalue weighted by atomic mass is 16.5. The Morgan fingerprint density at radius 1 is 0.676 bits per heavy atom. The summed E-state index contributed by atoms with van der Waals surface area (Å²) in [6, 6.07) is 29.6. The molecule has 7 nitrogen and oxygen atoms in total. The van der Waals surface area contributed by atoms with E-state index in [1.54, 1.807) is 30.3 Å². The van der Waals surface area contributed by atoms with Crippen molar-refractivity contribution >= 4 is 17.8 Å². The van der Waals surface area contributed by atoms with Crippen LogP contribution in [0.5, 0.6) is 0 Å². The molecule has 0 aliphatic carbocycles. The summed E-state index contributed by atoms with van der Waals surface area (Å²) in [4.78, 5) is 38.6. The number of rotatable bonds is 11. The summed E-state index contributed by atoms with van der Waals surface area (Å²) in [5, 5.41) is 5.68. The quantitative estimate of drug-likeness (QED) is 0.303. The first kappa shape index (κ1) is 25.4. The molecule has 1 heterocycles. The van der Waals surface area contributed by atoms with Crippen molar-refractivity contribution in [1.29, 1.82) is 0 Å². The Morgan fingerprint density at radius 3 is 1.86 bits per heavy atom. The number of carbonyl (C=O) groups excluding carboxylic acids is 3. The van der Waals surface area contributed by atoms with Gasteiger partial charge in [0.25, 0.3) is 11.8 Å². The summed E-state index contributed by atoms with van der Waals surface area (Å²) in [6.45, 7) is -0.0613. The number of carbonyl (C=O) groups is 3. The standard InChI is InChI=1S/C30H28N2O5/c33-28(24-15-8-3-9-16-24)31-25(19-22-11-4-1-5-12-22)21-37-30(35)26(20-23-13-6-2-7-14-23)32-29(34)27-17-10-18-36-27/h1-18,25-26H,19-21H2,(H,31,33)(H,32,34)/t25-,26+/m0/s1. The third-order valence-electron chi connectivity index (χ3n) is 5.74. The van der Waals surface area contributed by atoms with Gasteiger partial charge in [0, 0.05) is 12.0 Å². The van der Waals surface area contributed by atoms with Crippen LogP contribution in [0.1, 0.15) is 32.0 Å². The molecule has 2 N–H and O–H groups in total. The topological polar surface area (TPSA) is 97.6 Å². The predicted molar refractivity (Wildman–Crippen MR) is 139 cm³/mol. The molecule has 2 atom stereocenters. The fourth-order valence-electron chi connectivity index (χ4n) is 3.87. The molecule has 0 unspecified atom stereocenters. The molecule has 188 valence electrons. The van der Waals surface area contributed by atoms with E-state index in [0.717, 1.165) is 11.1 Å². The van der Waals surface area contributed by atoms with Crippen LogP contribution in [0, 0.1) is 0 Å². The van der Waals surface area contributed by atoms with Crippen molar-refractivity contribution in [2.24, 2.45) is 0 Å². The number of ether oxygens (including phenoxy) is 1. The zero-order valence-corrected chi connectivity index (χ0v) is 20.2. The highest BCUT2D eigenvalue weighted by Gasteiger charge is 2.26. The van der Waals surface area contributed by atoms with Gasteiger partial charge in [0.05, 0.1) is 12.3 Å². The Hall–Kier alpha value is -4.65. The van der Waals surface area contributed by atoms with Crippen molar-refractivity contribution in [3.8, 4) is 0 Å². The molecule has 4 rings (SSSR count). The third kappa shape index (κ3) is 7.67. The first-order valence-corrected chi connectivity index (χ1v) is 12.0. The summed E-state index contributed by atoms with van der Waals surface area (Å²) >= 11 is 0. The molecule has 0 spiro atoms. The van der Waals surface area contributed by atoms with Crippen molar-refractivity contribution in [3.63, 3.8) is 0 Å². The first-order valence-electron chi connectivity index (χ1n) is 12.0. The maximum atomic E-state index is 13.2. The van der Waals surface area contributed by atoms with E-state index in [1.807, 2.05) is 66.7 Å². The number of benzene rings is 3. The van der Waals surface area contributed by atoms with Gasteiger partial charge in [-0.2, -0.15) is 0 Å². The fraction of sp³-hybridized carbons (Fsp3) is 0.167. The number of hydrogen-bond acceptors (Lipinski definition) is 5. The van der Waals surface area contributed by atoms with Crippen LogP contribution in [-0.4, -0.2) is 36.5 Å². The van der Waals surface area contributed by atoms with Crippen molar-refractivity contribution in [2.75, 3.05) is 6.61 Å². The van der Waals surface area contributed by atoms with Gasteiger partial charge in [-0.3, -0.25) is 9.59 Å². The lowest BCUT2D eigenvalue weighted by Gasteiger charge is -2.22. The van der Waals surface area contributed by atoms with E-state index in [2.05, 4.69) is 10.6 Å². The van der Waals surface area contributed by atoms with E-state index < -0.39 is 24.0 Å². The summed E-state index contributed by atoms with van der Waals surface area (Å²) in [5.74, 6) is -1.27. The Balaban J connectivity index is 1.46. The molecule has 0 aliphatic heterocycles. The van der Waals surface area contributed by atoms with Crippen LogP contribution < -0.4 is 10.6 Å². The van der Waals surface area contributed by atoms with Crippen LogP contribution in [0.4, 0.5) is 0 Å². The Bertz CT molecular complexity index is 1280. The zero-order valence-electron chi connectivity index (χ0n) is 20.2. The largest absolute Gasteiger partial charge is 0.462 e. The van der Waals surface area contributed by atoms with E-state index in [-0.39, 0.29) is 24.7 Å². The molecule has 0 bridgehead atoms. The third-order valence-corrected chi connectivity index (χ3v) is 5.74. The molecule has 2 amide bonds. The summed E-state index contributed by atoms with van der Waals surface area (Å²) in [6.07, 6.45) is 2.10. The van der Waals surface area contributed by atoms with Gasteiger partial charge in [-0.1, -0.05) is 78.9 Å². The Morgan fingerprint density at radius 2 is 1.27 bits per heavy atom. The zero-order chi connectivity index (χ0) is 25.9. The van der Waals surface area contributed by atoms with Gasteiger partial charge in [0.2, 0.25) is 0 Å². The van der Waals surface area contributed by atoms with Crippen LogP contribution in [0.3, 0.4) is 0 Å². The number of esters is 1. The van der Waals surface area contributed by atoms with Crippen molar-refractivity contribution in [1.82, 2.24) is 10.6 Å². The highest BCUT2D eigenvalue weighted by molar-refractivity contribution is 5.95. The van der Waals surface area contributed by atoms with E-state index in [9.17, 15) is 14.4 Å². The molecule has 7 heteroatoms. The number of amides is 2. The lowest BCUT2D eigenvalue weighted by molar-refractivity contribution is -0.146. The van der Waals surface area contributed by atoms with Crippen LogP contribution in [0.2, 0.25) is 0 Å². The normalized spacial score (nSPS) is 12.2. The van der Waals surface area contributed by atoms with Crippen LogP contribution in [0.25, 0.3) is 0 Å². The molecular formula is C30H28N2O5. The van der Waals surface area contributed by atoms with Gasteiger partial charge < -0.3 is 19.8 Å². The van der Waals surface area contributed by atoms with Crippen molar-refractivity contribution in [3.05, 3.63) is 132 Å². The lowest BCUT2D eigenvalue weighted by Crippen LogP contribution is -2.46. The highest BCUT2D eigenvalue weighted by Crippen LogP contribution is 2.10. The van der Waals surface area contributed by atoms with E-state index in [1.165, 1.54) is 12.3 Å². The van der Waals surface area contributed by atoms with Gasteiger partial charge in [-0.05, 0) is 41.8 Å². The van der Waals surface area contributed by atoms with Gasteiger partial charge in [-0.25, -0.2) is 4.79 Å². The van der Waals surface area contributed by atoms with E-state index >= 15 is 0 Å². The second-order valence-electron chi connectivity index (χ2n) is 8.55. The molecule has 0 saturated heterocycles. The SMILES string of the molecule is O=C(N[C@H](COC(=O)[C@@H](Cc1ccccc1)NC(=O)c1ccco1)Cc1ccccc1)c1ccccc1. The average Bonchev–Trinajstić information content (AvgIpc) is 3.48. The van der Waals surface area contributed by atoms with Gasteiger partial charge >= 0.3 is 5.97 Å². The first-order chi connectivity index (χ1) is 18.1. The summed E-state index contributed by atoms with van der Waals surface area (Å²) < 4.78 is 10.8. The van der Waals surface area contributed by atoms with Crippen LogP contribution in [-0.2, 0) is 22.4 Å². The molecule has 3 aromatic carbocycles. The molecule has 37 heavy (non-hydrogen) atoms. The molecule has 1 aromatic heterocycles. The maximum absolute atomic E-state index is 13.2. The molecule has 0 aliphatic rings. The molecular weight excluding hydrogens is 468 g/mol. The van der Waals surface area contributed by atoms with Crippen molar-refractivity contribution in [2.45, 2.75) is 24.9 Å². The summed E-state index contributed by atoms with van der Waals surface area (Å²) in [5.41, 5.74) is 2.37. The predicted octanol–water partition coefficient (Wildman–Crippen LogP) is 4.21. The Labute approximate surface area is 215 Å². The smallest absolute Gasteiger partial charge is 0.329 e. The van der Waals surface area contributed by atoms with Gasteiger partial charge in [-0.15, -0.1) is 0 Å². The minimum atomic E-state index is -0.942. The minimum Gasteiger partial charge on any atom is -0.462 e. The van der Waals surface area contributed by atoms with Crippen LogP contribution >= 0.6 is 0 Å². The van der Waals surface area contributed by atoms with Crippen LogP contribution in [0.15, 0.2) is 114 Å². The molecule has 0 saturated carbocycles. The van der Waals surface area contributed by atoms with E-state index in [0.29, 0.717) is 12.0 Å². The molecule has 0 radical (unpaired) electrons. The Kier molecular flexibility index (Phi) is 8.86. The minimum absolute atomic E-state index is 0.0613. The number of furan rings is 1. The maximum Gasteiger partial charge on any atom is 0.329 e. The summed E-state index contributed by atoms with van der Waals surface area (Å²) in [7, 11) is 0. The molecule has 4 aromatic rings. The average molecular weight is 497 g/mol.